The monoisotopic (exact) mass is 318 g/mol. The van der Waals surface area contributed by atoms with Crippen molar-refractivity contribution in [2.24, 2.45) is 35.5 Å². The van der Waals surface area contributed by atoms with Gasteiger partial charge in [0, 0.05) is 0 Å². The first-order chi connectivity index (χ1) is 10.9. The highest BCUT2D eigenvalue weighted by Crippen LogP contribution is 2.59. The van der Waals surface area contributed by atoms with E-state index in [-0.39, 0.29) is 0 Å². The lowest BCUT2D eigenvalue weighted by molar-refractivity contribution is 0.288. The second-order valence-corrected chi connectivity index (χ2v) is 9.74. The molecule has 0 nitrogen and oxygen atoms in total. The van der Waals surface area contributed by atoms with Crippen molar-refractivity contribution in [3.05, 3.63) is 11.6 Å². The van der Waals surface area contributed by atoms with Gasteiger partial charge < -0.3 is 0 Å². The lowest BCUT2D eigenvalue weighted by atomic mass is 9.74. The minimum absolute atomic E-state index is 0.962. The zero-order valence-corrected chi connectivity index (χ0v) is 15.3. The molecule has 5 rings (SSSR count). The minimum atomic E-state index is 0.962. The molecule has 0 radical (unpaired) electrons. The first-order valence-electron chi connectivity index (χ1n) is 10.1. The Bertz CT molecular complexity index is 408. The third kappa shape index (κ3) is 3.45. The Morgan fingerprint density at radius 1 is 0.909 bits per heavy atom. The summed E-state index contributed by atoms with van der Waals surface area (Å²) in [6.07, 6.45) is 17.8. The van der Waals surface area contributed by atoms with Gasteiger partial charge in [-0.3, -0.25) is 0 Å². The molecule has 2 saturated carbocycles. The molecular weight excluding hydrogens is 284 g/mol. The first-order valence-corrected chi connectivity index (χ1v) is 11.3. The van der Waals surface area contributed by atoms with Crippen molar-refractivity contribution in [1.82, 2.24) is 0 Å². The van der Waals surface area contributed by atoms with Crippen molar-refractivity contribution in [2.45, 2.75) is 71.1 Å². The van der Waals surface area contributed by atoms with Crippen LogP contribution in [0.15, 0.2) is 11.6 Å². The van der Waals surface area contributed by atoms with E-state index in [2.05, 4.69) is 24.8 Å². The van der Waals surface area contributed by atoms with Gasteiger partial charge in [-0.15, -0.1) is 0 Å². The molecule has 124 valence electrons. The second-order valence-electron chi connectivity index (χ2n) is 8.51. The van der Waals surface area contributed by atoms with Gasteiger partial charge in [-0.05, 0) is 105 Å². The van der Waals surface area contributed by atoms with E-state index in [1.54, 1.807) is 25.7 Å². The summed E-state index contributed by atoms with van der Waals surface area (Å²) in [7, 11) is 0. The summed E-state index contributed by atoms with van der Waals surface area (Å²) in [6, 6.07) is 0. The Morgan fingerprint density at radius 2 is 1.77 bits per heavy atom. The zero-order chi connectivity index (χ0) is 14.9. The van der Waals surface area contributed by atoms with Crippen molar-refractivity contribution < 1.29 is 0 Å². The van der Waals surface area contributed by atoms with E-state index in [1.165, 1.54) is 50.0 Å². The SMILES string of the molecule is CCC1=C[C@H]2CCCCSCCCC(C3CC3)CC1[C@@H]1CC12. The second kappa shape index (κ2) is 6.91. The normalized spacial score (nSPS) is 43.1. The van der Waals surface area contributed by atoms with E-state index in [1.807, 2.05) is 5.57 Å². The maximum absolute atomic E-state index is 2.78. The van der Waals surface area contributed by atoms with Crippen LogP contribution in [-0.2, 0) is 0 Å². The number of fused-ring (bicyclic) bond motifs is 9. The maximum atomic E-state index is 2.78. The van der Waals surface area contributed by atoms with Crippen molar-refractivity contribution in [1.29, 1.82) is 0 Å². The molecule has 0 amide bonds. The van der Waals surface area contributed by atoms with Gasteiger partial charge in [0.05, 0.1) is 0 Å². The van der Waals surface area contributed by atoms with Gasteiger partial charge in [0.2, 0.25) is 0 Å². The van der Waals surface area contributed by atoms with Gasteiger partial charge >= 0.3 is 0 Å². The Labute approximate surface area is 141 Å². The average Bonchev–Trinajstić information content (AvgIpc) is 3.41. The van der Waals surface area contributed by atoms with E-state index in [0.717, 1.165) is 35.5 Å². The van der Waals surface area contributed by atoms with Crippen LogP contribution in [0.2, 0.25) is 0 Å². The lowest BCUT2D eigenvalue weighted by Gasteiger charge is -2.31. The van der Waals surface area contributed by atoms with E-state index >= 15 is 0 Å². The van der Waals surface area contributed by atoms with Crippen LogP contribution in [0.4, 0.5) is 0 Å². The van der Waals surface area contributed by atoms with Crippen LogP contribution in [0.5, 0.6) is 0 Å². The molecular formula is C21H34S. The molecule has 1 saturated heterocycles. The molecule has 5 aliphatic rings. The topological polar surface area (TPSA) is 0 Å². The van der Waals surface area contributed by atoms with E-state index in [9.17, 15) is 0 Å². The fraction of sp³-hybridized carbons (Fsp3) is 0.905. The van der Waals surface area contributed by atoms with Crippen LogP contribution in [0, 0.1) is 35.5 Å². The average molecular weight is 319 g/mol. The van der Waals surface area contributed by atoms with Crippen LogP contribution < -0.4 is 0 Å². The molecule has 2 bridgehead atoms. The largest absolute Gasteiger partial charge is 0.162 e. The summed E-state index contributed by atoms with van der Waals surface area (Å²) >= 11 is 2.23. The van der Waals surface area contributed by atoms with E-state index in [0.29, 0.717) is 0 Å². The van der Waals surface area contributed by atoms with Gasteiger partial charge in [0.1, 0.15) is 0 Å². The van der Waals surface area contributed by atoms with Crippen LogP contribution in [0.25, 0.3) is 0 Å². The molecule has 2 aliphatic heterocycles. The molecule has 0 aromatic heterocycles. The molecule has 0 N–H and O–H groups in total. The fourth-order valence-corrected chi connectivity index (χ4v) is 6.55. The maximum Gasteiger partial charge on any atom is -0.00674 e. The highest BCUT2D eigenvalue weighted by Gasteiger charge is 2.50. The lowest BCUT2D eigenvalue weighted by Crippen LogP contribution is -2.21. The van der Waals surface area contributed by atoms with Crippen LogP contribution in [0.3, 0.4) is 0 Å². The number of thioether (sulfide) groups is 1. The Hall–Kier alpha value is 0.0900. The van der Waals surface area contributed by atoms with Crippen LogP contribution in [-0.4, -0.2) is 11.5 Å². The van der Waals surface area contributed by atoms with Crippen molar-refractivity contribution in [2.75, 3.05) is 11.5 Å². The van der Waals surface area contributed by atoms with E-state index in [4.69, 9.17) is 0 Å². The van der Waals surface area contributed by atoms with Crippen LogP contribution >= 0.6 is 11.8 Å². The Morgan fingerprint density at radius 3 is 2.59 bits per heavy atom. The van der Waals surface area contributed by atoms with Crippen LogP contribution in [0.1, 0.15) is 71.1 Å². The first kappa shape index (κ1) is 15.6. The highest BCUT2D eigenvalue weighted by molar-refractivity contribution is 7.99. The molecule has 3 aliphatic carbocycles. The molecule has 0 aromatic carbocycles. The molecule has 0 aromatic rings. The quantitative estimate of drug-likeness (QED) is 0.537. The standard InChI is InChI=1S/C21H34S/c1-2-15-12-18-6-3-4-10-22-11-5-7-17(16-8-9-16)13-19(15)21-14-20(18)21/h12,16-21H,2-11,13-14H2,1H3/t17?,18-,19?,20?,21+/m1/s1. The summed E-state index contributed by atoms with van der Waals surface area (Å²) in [5.41, 5.74) is 1.88. The smallest absolute Gasteiger partial charge is 0.00674 e. The van der Waals surface area contributed by atoms with Crippen molar-refractivity contribution in [3.8, 4) is 0 Å². The Kier molecular flexibility index (Phi) is 4.90. The summed E-state index contributed by atoms with van der Waals surface area (Å²) in [4.78, 5) is 0. The molecule has 3 fully saturated rings. The van der Waals surface area contributed by atoms with Gasteiger partial charge in [-0.2, -0.15) is 11.8 Å². The minimum Gasteiger partial charge on any atom is -0.162 e. The Balaban J connectivity index is 1.50. The molecule has 2 heterocycles. The zero-order valence-electron chi connectivity index (χ0n) is 14.4. The number of allylic oxidation sites excluding steroid dienone is 2. The van der Waals surface area contributed by atoms with Crippen molar-refractivity contribution >= 4 is 11.8 Å². The summed E-state index contributed by atoms with van der Waals surface area (Å²) in [5.74, 6) is 9.18. The molecule has 1 heteroatoms. The summed E-state index contributed by atoms with van der Waals surface area (Å²) in [6.45, 7) is 2.42. The number of hydrogen-bond donors (Lipinski definition) is 0. The molecule has 3 unspecified atom stereocenters. The summed E-state index contributed by atoms with van der Waals surface area (Å²) in [5, 5.41) is 0. The van der Waals surface area contributed by atoms with Gasteiger partial charge in [0.25, 0.3) is 0 Å². The fourth-order valence-electron chi connectivity index (χ4n) is 5.57. The van der Waals surface area contributed by atoms with Gasteiger partial charge in [-0.25, -0.2) is 0 Å². The molecule has 5 atom stereocenters. The third-order valence-corrected chi connectivity index (χ3v) is 8.21. The van der Waals surface area contributed by atoms with Crippen molar-refractivity contribution in [3.63, 3.8) is 0 Å². The highest BCUT2D eigenvalue weighted by atomic mass is 32.2. The molecule has 22 heavy (non-hydrogen) atoms. The third-order valence-electron chi connectivity index (χ3n) is 7.06. The van der Waals surface area contributed by atoms with Gasteiger partial charge in [0.15, 0.2) is 0 Å². The van der Waals surface area contributed by atoms with E-state index < -0.39 is 0 Å². The summed E-state index contributed by atoms with van der Waals surface area (Å²) < 4.78 is 0. The number of hydrogen-bond acceptors (Lipinski definition) is 1. The van der Waals surface area contributed by atoms with Gasteiger partial charge in [-0.1, -0.05) is 25.0 Å². The molecule has 0 spiro atoms. The predicted molar refractivity (Wildman–Crippen MR) is 98.2 cm³/mol. The number of rotatable bonds is 2. The predicted octanol–water partition coefficient (Wildman–Crippen LogP) is 6.32.